The lowest BCUT2D eigenvalue weighted by molar-refractivity contribution is -0.135. The molecule has 0 atom stereocenters. The van der Waals surface area contributed by atoms with Crippen LogP contribution in [0.4, 0.5) is 0 Å². The molecule has 0 aliphatic rings. The lowest BCUT2D eigenvalue weighted by Crippen LogP contribution is -2.30. The van der Waals surface area contributed by atoms with Crippen LogP contribution in [0.15, 0.2) is 41.0 Å². The molecule has 0 aliphatic carbocycles. The molecule has 2 heterocycles. The molecule has 3 aromatic rings. The van der Waals surface area contributed by atoms with Gasteiger partial charge in [0.2, 0.25) is 0 Å². The van der Waals surface area contributed by atoms with Gasteiger partial charge in [-0.05, 0) is 28.1 Å². The lowest BCUT2D eigenvalue weighted by atomic mass is 10.2. The van der Waals surface area contributed by atoms with Crippen molar-refractivity contribution in [2.24, 2.45) is 0 Å². The summed E-state index contributed by atoms with van der Waals surface area (Å²) in [5.74, 6) is -2.57. The Bertz CT molecular complexity index is 1070. The van der Waals surface area contributed by atoms with Crippen LogP contribution in [0.25, 0.3) is 16.6 Å². The smallest absolute Gasteiger partial charge is 0.322 e. The van der Waals surface area contributed by atoms with E-state index in [2.05, 4.69) is 26.2 Å². The van der Waals surface area contributed by atoms with Crippen molar-refractivity contribution in [3.8, 4) is 17.5 Å². The van der Waals surface area contributed by atoms with E-state index in [9.17, 15) is 20.0 Å². The minimum atomic E-state index is -1.24. The average molecular weight is 415 g/mol. The predicted molar refractivity (Wildman–Crippen MR) is 95.1 cm³/mol. The summed E-state index contributed by atoms with van der Waals surface area (Å²) in [7, 11) is 0. The predicted octanol–water partition coefficient (Wildman–Crippen LogP) is 2.18. The summed E-state index contributed by atoms with van der Waals surface area (Å²) in [6.45, 7) is -0.633. The van der Waals surface area contributed by atoms with Gasteiger partial charge in [-0.25, -0.2) is 4.98 Å². The lowest BCUT2D eigenvalue weighted by Gasteiger charge is -2.09. The standard InChI is InChI=1S/C17H11BrN4O4/c18-10-8-22(9-4-2-1-3-5-9)15-11(6-19)21-14(16(25)13(10)15)17(26)20-7-12(23)24/h1-5,8,25H,7H2,(H,20,26)(H,23,24). The van der Waals surface area contributed by atoms with Crippen LogP contribution in [0, 0.1) is 11.3 Å². The maximum atomic E-state index is 12.1. The molecule has 9 heteroatoms. The number of nitriles is 1. The highest BCUT2D eigenvalue weighted by Gasteiger charge is 2.24. The first-order chi connectivity index (χ1) is 12.4. The van der Waals surface area contributed by atoms with Crippen LogP contribution in [0.5, 0.6) is 5.75 Å². The molecule has 3 N–H and O–H groups in total. The molecule has 0 fully saturated rings. The van der Waals surface area contributed by atoms with Crippen LogP contribution in [0.3, 0.4) is 0 Å². The van der Waals surface area contributed by atoms with E-state index in [1.165, 1.54) is 0 Å². The summed E-state index contributed by atoms with van der Waals surface area (Å²) >= 11 is 3.33. The van der Waals surface area contributed by atoms with E-state index in [0.29, 0.717) is 9.99 Å². The Balaban J connectivity index is 2.24. The van der Waals surface area contributed by atoms with Gasteiger partial charge >= 0.3 is 5.97 Å². The second-order valence-electron chi connectivity index (χ2n) is 5.25. The first-order valence-corrected chi connectivity index (χ1v) is 8.12. The molecule has 0 saturated carbocycles. The number of halogens is 1. The van der Waals surface area contributed by atoms with Crippen molar-refractivity contribution in [3.63, 3.8) is 0 Å². The molecule has 26 heavy (non-hydrogen) atoms. The topological polar surface area (TPSA) is 128 Å². The number of aromatic hydroxyl groups is 1. The van der Waals surface area contributed by atoms with Gasteiger partial charge in [0.15, 0.2) is 17.1 Å². The van der Waals surface area contributed by atoms with Crippen molar-refractivity contribution >= 4 is 38.7 Å². The number of amides is 1. The van der Waals surface area contributed by atoms with Crippen molar-refractivity contribution in [1.29, 1.82) is 5.26 Å². The van der Waals surface area contributed by atoms with Gasteiger partial charge in [0, 0.05) is 16.4 Å². The first-order valence-electron chi connectivity index (χ1n) is 7.33. The Hall–Kier alpha value is -3.38. The first kappa shape index (κ1) is 17.4. The quantitative estimate of drug-likeness (QED) is 0.599. The SMILES string of the molecule is N#Cc1nc(C(=O)NCC(=O)O)c(O)c2c(Br)cn(-c3ccccc3)c12. The Labute approximate surface area is 155 Å². The van der Waals surface area contributed by atoms with E-state index >= 15 is 0 Å². The molecular weight excluding hydrogens is 404 g/mol. The molecule has 0 radical (unpaired) electrons. The minimum Gasteiger partial charge on any atom is -0.505 e. The number of hydrogen-bond acceptors (Lipinski definition) is 5. The van der Waals surface area contributed by atoms with Gasteiger partial charge in [-0.3, -0.25) is 9.59 Å². The minimum absolute atomic E-state index is 0.0761. The van der Waals surface area contributed by atoms with Crippen LogP contribution in [0.1, 0.15) is 16.2 Å². The molecule has 1 aromatic carbocycles. The Morgan fingerprint density at radius 3 is 2.62 bits per heavy atom. The van der Waals surface area contributed by atoms with E-state index in [0.717, 1.165) is 5.69 Å². The fourth-order valence-corrected chi connectivity index (χ4v) is 3.12. The Morgan fingerprint density at radius 1 is 1.31 bits per heavy atom. The second kappa shape index (κ2) is 6.85. The number of pyridine rings is 1. The van der Waals surface area contributed by atoms with E-state index < -0.39 is 29.9 Å². The summed E-state index contributed by atoms with van der Waals surface area (Å²) in [6.07, 6.45) is 1.65. The highest BCUT2D eigenvalue weighted by atomic mass is 79.9. The number of hydrogen-bond donors (Lipinski definition) is 3. The van der Waals surface area contributed by atoms with Crippen LogP contribution in [-0.2, 0) is 4.79 Å². The number of para-hydroxylation sites is 1. The van der Waals surface area contributed by atoms with Gasteiger partial charge < -0.3 is 20.1 Å². The van der Waals surface area contributed by atoms with Crippen LogP contribution >= 0.6 is 15.9 Å². The van der Waals surface area contributed by atoms with Gasteiger partial charge in [-0.2, -0.15) is 5.26 Å². The number of nitrogens with one attached hydrogen (secondary N) is 1. The third-order valence-electron chi connectivity index (χ3n) is 3.62. The molecule has 0 bridgehead atoms. The normalized spacial score (nSPS) is 10.5. The van der Waals surface area contributed by atoms with Crippen LogP contribution in [-0.4, -0.2) is 38.2 Å². The zero-order valence-corrected chi connectivity index (χ0v) is 14.7. The number of fused-ring (bicyclic) bond motifs is 1. The fourth-order valence-electron chi connectivity index (χ4n) is 2.54. The second-order valence-corrected chi connectivity index (χ2v) is 6.11. The van der Waals surface area contributed by atoms with E-state index in [4.69, 9.17) is 5.11 Å². The van der Waals surface area contributed by atoms with Crippen molar-refractivity contribution in [1.82, 2.24) is 14.9 Å². The number of carbonyl (C=O) groups excluding carboxylic acids is 1. The summed E-state index contributed by atoms with van der Waals surface area (Å²) < 4.78 is 2.13. The van der Waals surface area contributed by atoms with Gasteiger partial charge in [-0.15, -0.1) is 0 Å². The van der Waals surface area contributed by atoms with Gasteiger partial charge in [-0.1, -0.05) is 18.2 Å². The number of rotatable bonds is 4. The van der Waals surface area contributed by atoms with Crippen LogP contribution < -0.4 is 5.32 Å². The third-order valence-corrected chi connectivity index (χ3v) is 4.22. The number of carbonyl (C=O) groups is 2. The van der Waals surface area contributed by atoms with E-state index in [1.807, 2.05) is 36.4 Å². The summed E-state index contributed by atoms with van der Waals surface area (Å²) in [5.41, 5.74) is 0.580. The molecule has 130 valence electrons. The highest BCUT2D eigenvalue weighted by molar-refractivity contribution is 9.10. The molecular formula is C17H11BrN4O4. The third kappa shape index (κ3) is 2.98. The molecule has 0 spiro atoms. The maximum absolute atomic E-state index is 12.1. The Morgan fingerprint density at radius 2 is 2.00 bits per heavy atom. The number of aliphatic carboxylic acids is 1. The monoisotopic (exact) mass is 414 g/mol. The van der Waals surface area contributed by atoms with Gasteiger partial charge in [0.05, 0.1) is 10.9 Å². The van der Waals surface area contributed by atoms with Gasteiger partial charge in [0.25, 0.3) is 5.91 Å². The van der Waals surface area contributed by atoms with Crippen molar-refractivity contribution in [2.75, 3.05) is 6.54 Å². The van der Waals surface area contributed by atoms with Crippen molar-refractivity contribution in [3.05, 3.63) is 52.4 Å². The molecule has 1 amide bonds. The zero-order chi connectivity index (χ0) is 18.8. The van der Waals surface area contributed by atoms with E-state index in [-0.39, 0.29) is 11.1 Å². The molecule has 0 unspecified atom stereocenters. The molecule has 0 aliphatic heterocycles. The number of nitrogens with zero attached hydrogens (tertiary/aromatic N) is 3. The molecule has 0 saturated heterocycles. The number of carboxylic acids is 1. The van der Waals surface area contributed by atoms with Gasteiger partial charge in [0.1, 0.15) is 12.6 Å². The molecule has 3 rings (SSSR count). The highest BCUT2D eigenvalue weighted by Crippen LogP contribution is 2.38. The number of benzene rings is 1. The largest absolute Gasteiger partial charge is 0.505 e. The van der Waals surface area contributed by atoms with E-state index in [1.54, 1.807) is 10.8 Å². The number of aromatic nitrogens is 2. The molecule has 8 nitrogen and oxygen atoms in total. The summed E-state index contributed by atoms with van der Waals surface area (Å²) in [6, 6.07) is 11.0. The van der Waals surface area contributed by atoms with Crippen LogP contribution in [0.2, 0.25) is 0 Å². The maximum Gasteiger partial charge on any atom is 0.322 e. The zero-order valence-electron chi connectivity index (χ0n) is 13.1. The fraction of sp³-hybridized carbons (Fsp3) is 0.0588. The number of carboxylic acid groups (broad SMARTS) is 1. The summed E-state index contributed by atoms with van der Waals surface area (Å²) in [4.78, 5) is 26.7. The Kier molecular flexibility index (Phi) is 4.60. The van der Waals surface area contributed by atoms with Crippen molar-refractivity contribution in [2.45, 2.75) is 0 Å². The van der Waals surface area contributed by atoms with Crippen molar-refractivity contribution < 1.29 is 19.8 Å². The summed E-state index contributed by atoms with van der Waals surface area (Å²) in [5, 5.41) is 31.0. The average Bonchev–Trinajstić information content (AvgIpc) is 2.99. The molecule has 2 aromatic heterocycles.